The van der Waals surface area contributed by atoms with Crippen molar-refractivity contribution >= 4 is 0 Å². The lowest BCUT2D eigenvalue weighted by molar-refractivity contribution is 0.268. The fourth-order valence-corrected chi connectivity index (χ4v) is 2.33. The molecule has 0 aromatic carbocycles. The number of hydrogen-bond donors (Lipinski definition) is 2. The minimum atomic E-state index is -0.296. The number of pyridine rings is 1. The molecule has 1 atom stereocenters. The summed E-state index contributed by atoms with van der Waals surface area (Å²) in [5.74, 6) is -0.296. The standard InChI is InChI=1S/C16H28FN3O/c1-3-18-16(15-8-7-14(17)13-19-15)9-11-20(2)10-5-4-6-12-21/h7-8,13,16,18,21H,3-6,9-12H2,1-2H3. The molecule has 0 aliphatic carbocycles. The van der Waals surface area contributed by atoms with Crippen LogP contribution >= 0.6 is 0 Å². The van der Waals surface area contributed by atoms with Gasteiger partial charge >= 0.3 is 0 Å². The summed E-state index contributed by atoms with van der Waals surface area (Å²) in [6.07, 6.45) is 5.28. The molecule has 1 rings (SSSR count). The highest BCUT2D eigenvalue weighted by molar-refractivity contribution is 5.09. The SMILES string of the molecule is CCNC(CCN(C)CCCCCO)c1ccc(F)cn1. The van der Waals surface area contributed by atoms with Gasteiger partial charge in [0, 0.05) is 6.61 Å². The summed E-state index contributed by atoms with van der Waals surface area (Å²) < 4.78 is 12.9. The van der Waals surface area contributed by atoms with Crippen molar-refractivity contribution in [1.29, 1.82) is 0 Å². The largest absolute Gasteiger partial charge is 0.396 e. The number of nitrogens with zero attached hydrogens (tertiary/aromatic N) is 2. The third-order valence-corrected chi connectivity index (χ3v) is 3.56. The van der Waals surface area contributed by atoms with E-state index in [-0.39, 0.29) is 18.5 Å². The lowest BCUT2D eigenvalue weighted by Gasteiger charge is -2.22. The van der Waals surface area contributed by atoms with E-state index in [1.165, 1.54) is 12.3 Å². The maximum Gasteiger partial charge on any atom is 0.141 e. The quantitative estimate of drug-likeness (QED) is 0.616. The Morgan fingerprint density at radius 2 is 2.10 bits per heavy atom. The van der Waals surface area contributed by atoms with Crippen LogP contribution in [0.25, 0.3) is 0 Å². The second kappa shape index (κ2) is 10.7. The average Bonchev–Trinajstić information content (AvgIpc) is 2.49. The van der Waals surface area contributed by atoms with Crippen molar-refractivity contribution in [2.24, 2.45) is 0 Å². The van der Waals surface area contributed by atoms with Crippen molar-refractivity contribution in [1.82, 2.24) is 15.2 Å². The molecule has 0 amide bonds. The Kier molecular flexibility index (Phi) is 9.14. The van der Waals surface area contributed by atoms with Crippen molar-refractivity contribution in [3.63, 3.8) is 0 Å². The van der Waals surface area contributed by atoms with Crippen molar-refractivity contribution in [3.05, 3.63) is 29.8 Å². The van der Waals surface area contributed by atoms with E-state index < -0.39 is 0 Å². The molecule has 0 fully saturated rings. The fraction of sp³-hybridized carbons (Fsp3) is 0.688. The third-order valence-electron chi connectivity index (χ3n) is 3.56. The van der Waals surface area contributed by atoms with Gasteiger partial charge in [0.05, 0.1) is 17.9 Å². The molecule has 0 saturated heterocycles. The molecule has 5 heteroatoms. The van der Waals surface area contributed by atoms with Crippen LogP contribution in [0.5, 0.6) is 0 Å². The average molecular weight is 297 g/mol. The Bertz CT molecular complexity index is 372. The molecule has 1 aromatic rings. The number of aliphatic hydroxyl groups is 1. The summed E-state index contributed by atoms with van der Waals surface area (Å²) >= 11 is 0. The number of halogens is 1. The number of aromatic nitrogens is 1. The van der Waals surface area contributed by atoms with Crippen molar-refractivity contribution in [2.75, 3.05) is 33.3 Å². The lowest BCUT2D eigenvalue weighted by Crippen LogP contribution is -2.28. The predicted molar refractivity (Wildman–Crippen MR) is 83.7 cm³/mol. The maximum atomic E-state index is 12.9. The molecule has 4 nitrogen and oxygen atoms in total. The molecule has 1 aromatic heterocycles. The zero-order valence-corrected chi connectivity index (χ0v) is 13.2. The zero-order chi connectivity index (χ0) is 15.5. The van der Waals surface area contributed by atoms with Crippen molar-refractivity contribution in [2.45, 2.75) is 38.6 Å². The molecule has 0 bridgehead atoms. The summed E-state index contributed by atoms with van der Waals surface area (Å²) in [7, 11) is 2.11. The molecule has 0 saturated carbocycles. The fourth-order valence-electron chi connectivity index (χ4n) is 2.33. The molecular weight excluding hydrogens is 269 g/mol. The lowest BCUT2D eigenvalue weighted by atomic mass is 10.1. The summed E-state index contributed by atoms with van der Waals surface area (Å²) in [4.78, 5) is 6.47. The van der Waals surface area contributed by atoms with Crippen LogP contribution in [0.3, 0.4) is 0 Å². The van der Waals surface area contributed by atoms with E-state index in [1.807, 2.05) is 0 Å². The summed E-state index contributed by atoms with van der Waals surface area (Å²) in [6.45, 7) is 5.22. The highest BCUT2D eigenvalue weighted by atomic mass is 19.1. The van der Waals surface area contributed by atoms with Gasteiger partial charge < -0.3 is 15.3 Å². The molecule has 0 spiro atoms. The Morgan fingerprint density at radius 1 is 1.29 bits per heavy atom. The number of hydrogen-bond acceptors (Lipinski definition) is 4. The first-order chi connectivity index (χ1) is 10.2. The molecule has 1 heterocycles. The van der Waals surface area contributed by atoms with Gasteiger partial charge in [-0.25, -0.2) is 4.39 Å². The van der Waals surface area contributed by atoms with Gasteiger partial charge in [-0.1, -0.05) is 6.92 Å². The van der Waals surface area contributed by atoms with Gasteiger partial charge in [-0.3, -0.25) is 4.98 Å². The Morgan fingerprint density at radius 3 is 2.71 bits per heavy atom. The van der Waals surface area contributed by atoms with Gasteiger partial charge in [-0.15, -0.1) is 0 Å². The number of nitrogens with one attached hydrogen (secondary N) is 1. The van der Waals surface area contributed by atoms with E-state index in [1.54, 1.807) is 6.07 Å². The van der Waals surface area contributed by atoms with Gasteiger partial charge in [0.25, 0.3) is 0 Å². The molecule has 2 N–H and O–H groups in total. The van der Waals surface area contributed by atoms with E-state index >= 15 is 0 Å². The number of rotatable bonds is 11. The van der Waals surface area contributed by atoms with Gasteiger partial charge in [-0.2, -0.15) is 0 Å². The molecular formula is C16H28FN3O. The molecule has 120 valence electrons. The number of aliphatic hydroxyl groups excluding tert-OH is 1. The monoisotopic (exact) mass is 297 g/mol. The second-order valence-electron chi connectivity index (χ2n) is 5.39. The Hall–Kier alpha value is -1.04. The van der Waals surface area contributed by atoms with Crippen LogP contribution in [0.1, 0.15) is 44.3 Å². The topological polar surface area (TPSA) is 48.4 Å². The first-order valence-electron chi connectivity index (χ1n) is 7.81. The minimum Gasteiger partial charge on any atom is -0.396 e. The zero-order valence-electron chi connectivity index (χ0n) is 13.2. The molecule has 0 aliphatic rings. The second-order valence-corrected chi connectivity index (χ2v) is 5.39. The summed E-state index contributed by atoms with van der Waals surface area (Å²) in [6, 6.07) is 3.38. The Labute approximate surface area is 127 Å². The first kappa shape index (κ1) is 18.0. The van der Waals surface area contributed by atoms with E-state index in [2.05, 4.69) is 29.2 Å². The van der Waals surface area contributed by atoms with Crippen LogP contribution in [0.4, 0.5) is 4.39 Å². The van der Waals surface area contributed by atoms with Crippen LogP contribution in [0.15, 0.2) is 18.3 Å². The van der Waals surface area contributed by atoms with Crippen LogP contribution < -0.4 is 5.32 Å². The van der Waals surface area contributed by atoms with Gasteiger partial charge in [0.2, 0.25) is 0 Å². The predicted octanol–water partition coefficient (Wildman–Crippen LogP) is 2.36. The van der Waals surface area contributed by atoms with Crippen LogP contribution in [-0.2, 0) is 0 Å². The normalized spacial score (nSPS) is 12.8. The Balaban J connectivity index is 2.38. The summed E-state index contributed by atoms with van der Waals surface area (Å²) in [5.41, 5.74) is 0.895. The highest BCUT2D eigenvalue weighted by Crippen LogP contribution is 2.15. The van der Waals surface area contributed by atoms with Gasteiger partial charge in [0.15, 0.2) is 0 Å². The summed E-state index contributed by atoms with van der Waals surface area (Å²) in [5, 5.41) is 12.2. The van der Waals surface area contributed by atoms with Crippen LogP contribution in [-0.4, -0.2) is 48.3 Å². The number of unbranched alkanes of at least 4 members (excludes halogenated alkanes) is 2. The first-order valence-corrected chi connectivity index (χ1v) is 7.81. The molecule has 21 heavy (non-hydrogen) atoms. The van der Waals surface area contributed by atoms with Crippen LogP contribution in [0.2, 0.25) is 0 Å². The van der Waals surface area contributed by atoms with Gasteiger partial charge in [-0.05, 0) is 64.5 Å². The highest BCUT2D eigenvalue weighted by Gasteiger charge is 2.12. The van der Waals surface area contributed by atoms with E-state index in [0.29, 0.717) is 0 Å². The van der Waals surface area contributed by atoms with E-state index in [4.69, 9.17) is 5.11 Å². The van der Waals surface area contributed by atoms with Crippen molar-refractivity contribution in [3.8, 4) is 0 Å². The third kappa shape index (κ3) is 7.50. The molecule has 0 radical (unpaired) electrons. The van der Waals surface area contributed by atoms with E-state index in [9.17, 15) is 4.39 Å². The molecule has 1 unspecified atom stereocenters. The van der Waals surface area contributed by atoms with Crippen LogP contribution in [0, 0.1) is 5.82 Å². The van der Waals surface area contributed by atoms with Crippen molar-refractivity contribution < 1.29 is 9.50 Å². The van der Waals surface area contributed by atoms with E-state index in [0.717, 1.165) is 51.0 Å². The minimum absolute atomic E-state index is 0.162. The maximum absolute atomic E-state index is 12.9. The smallest absolute Gasteiger partial charge is 0.141 e. The molecule has 0 aliphatic heterocycles. The van der Waals surface area contributed by atoms with Gasteiger partial charge in [0.1, 0.15) is 5.82 Å².